The van der Waals surface area contributed by atoms with Crippen molar-refractivity contribution in [2.24, 2.45) is 5.14 Å². The summed E-state index contributed by atoms with van der Waals surface area (Å²) in [5, 5.41) is 4.85. The van der Waals surface area contributed by atoms with Gasteiger partial charge in [-0.1, -0.05) is 11.6 Å². The quantitative estimate of drug-likeness (QED) is 0.718. The molecule has 0 radical (unpaired) electrons. The highest BCUT2D eigenvalue weighted by molar-refractivity contribution is 7.89. The molecule has 1 aromatic rings. The lowest BCUT2D eigenvalue weighted by Gasteiger charge is -2.04. The Morgan fingerprint density at radius 2 is 2.00 bits per heavy atom. The van der Waals surface area contributed by atoms with Gasteiger partial charge in [-0.05, 0) is 25.5 Å². The molecule has 2 N–H and O–H groups in total. The largest absolute Gasteiger partial charge is 0.241 e. The topological polar surface area (TPSA) is 73.1 Å². The van der Waals surface area contributed by atoms with Crippen molar-refractivity contribution >= 4 is 21.6 Å². The Balaban J connectivity index is 3.50. The number of pyridine rings is 1. The monoisotopic (exact) mass is 220 g/mol. The van der Waals surface area contributed by atoms with Crippen molar-refractivity contribution in [1.82, 2.24) is 4.98 Å². The molecule has 0 amide bonds. The van der Waals surface area contributed by atoms with Crippen LogP contribution in [0.25, 0.3) is 0 Å². The smallest absolute Gasteiger partial charge is 0.240 e. The molecule has 0 aromatic carbocycles. The van der Waals surface area contributed by atoms with Crippen molar-refractivity contribution in [2.75, 3.05) is 0 Å². The summed E-state index contributed by atoms with van der Waals surface area (Å²) in [6, 6.07) is 1.42. The fourth-order valence-corrected chi connectivity index (χ4v) is 1.98. The summed E-state index contributed by atoms with van der Waals surface area (Å²) in [5.41, 5.74) is 1.44. The molecule has 13 heavy (non-hydrogen) atoms. The number of hydrogen-bond donors (Lipinski definition) is 1. The van der Waals surface area contributed by atoms with Crippen molar-refractivity contribution in [3.05, 3.63) is 22.5 Å². The predicted octanol–water partition coefficient (Wildman–Crippen LogP) is 0.999. The van der Waals surface area contributed by atoms with E-state index in [-0.39, 0.29) is 10.0 Å². The second kappa shape index (κ2) is 3.25. The van der Waals surface area contributed by atoms with Gasteiger partial charge in [0.2, 0.25) is 10.0 Å². The van der Waals surface area contributed by atoms with Gasteiger partial charge in [0, 0.05) is 5.69 Å². The molecule has 72 valence electrons. The minimum absolute atomic E-state index is 0.0781. The second-order valence-corrected chi connectivity index (χ2v) is 4.61. The number of sulfonamides is 1. The number of nitrogens with zero attached hydrogens (tertiary/aromatic N) is 1. The maximum atomic E-state index is 11.0. The number of rotatable bonds is 1. The average molecular weight is 221 g/mol. The molecule has 0 spiro atoms. The van der Waals surface area contributed by atoms with Gasteiger partial charge in [0.25, 0.3) is 0 Å². The van der Waals surface area contributed by atoms with Gasteiger partial charge >= 0.3 is 0 Å². The van der Waals surface area contributed by atoms with Crippen molar-refractivity contribution in [3.63, 3.8) is 0 Å². The highest BCUT2D eigenvalue weighted by Crippen LogP contribution is 2.20. The minimum Gasteiger partial charge on any atom is -0.240 e. The summed E-state index contributed by atoms with van der Waals surface area (Å²) in [7, 11) is -3.77. The molecule has 0 atom stereocenters. The molecule has 0 unspecified atom stereocenters. The molecular formula is C7H9ClN2O2S. The van der Waals surface area contributed by atoms with E-state index >= 15 is 0 Å². The summed E-state index contributed by atoms with van der Waals surface area (Å²) < 4.78 is 21.9. The summed E-state index contributed by atoms with van der Waals surface area (Å²) in [4.78, 5) is 3.72. The highest BCUT2D eigenvalue weighted by atomic mass is 35.5. The molecule has 1 aromatic heterocycles. The van der Waals surface area contributed by atoms with Crippen molar-refractivity contribution < 1.29 is 8.42 Å². The molecule has 0 aliphatic rings. The fraction of sp³-hybridized carbons (Fsp3) is 0.286. The van der Waals surface area contributed by atoms with Crippen molar-refractivity contribution in [3.8, 4) is 0 Å². The van der Waals surface area contributed by atoms with Gasteiger partial charge in [-0.3, -0.25) is 0 Å². The van der Waals surface area contributed by atoms with Gasteiger partial charge in [-0.25, -0.2) is 18.5 Å². The predicted molar refractivity (Wildman–Crippen MR) is 50.1 cm³/mol. The molecule has 0 bridgehead atoms. The minimum atomic E-state index is -3.77. The summed E-state index contributed by atoms with van der Waals surface area (Å²) in [5.74, 6) is 0. The van der Waals surface area contributed by atoms with Crippen LogP contribution in [-0.2, 0) is 10.0 Å². The normalized spacial score (nSPS) is 11.7. The molecular weight excluding hydrogens is 212 g/mol. The first kappa shape index (κ1) is 10.4. The van der Waals surface area contributed by atoms with Crippen LogP contribution in [-0.4, -0.2) is 13.4 Å². The number of nitrogens with two attached hydrogens (primary N) is 1. The zero-order valence-corrected chi connectivity index (χ0v) is 8.78. The van der Waals surface area contributed by atoms with Crippen molar-refractivity contribution in [2.45, 2.75) is 18.7 Å². The van der Waals surface area contributed by atoms with Gasteiger partial charge in [0.1, 0.15) is 10.0 Å². The van der Waals surface area contributed by atoms with Crippen molar-refractivity contribution in [1.29, 1.82) is 0 Å². The van der Waals surface area contributed by atoms with Crippen LogP contribution < -0.4 is 5.14 Å². The van der Waals surface area contributed by atoms with Crippen LogP contribution in [0.1, 0.15) is 11.3 Å². The third-order valence-corrected chi connectivity index (χ3v) is 3.02. The van der Waals surface area contributed by atoms with E-state index in [1.165, 1.54) is 6.07 Å². The van der Waals surface area contributed by atoms with Crippen LogP contribution in [0.5, 0.6) is 0 Å². The van der Waals surface area contributed by atoms with Gasteiger partial charge in [-0.15, -0.1) is 0 Å². The van der Waals surface area contributed by atoms with Crippen LogP contribution in [0.4, 0.5) is 0 Å². The third-order valence-electron chi connectivity index (χ3n) is 1.69. The SMILES string of the molecule is Cc1cc(S(N)(=O)=O)c(Cl)nc1C. The molecule has 0 saturated heterocycles. The van der Waals surface area contributed by atoms with Crippen LogP contribution in [0, 0.1) is 13.8 Å². The van der Waals surface area contributed by atoms with Crippen LogP contribution in [0.15, 0.2) is 11.0 Å². The van der Waals surface area contributed by atoms with E-state index < -0.39 is 10.0 Å². The summed E-state index contributed by atoms with van der Waals surface area (Å²) in [6.07, 6.45) is 0. The number of hydrogen-bond acceptors (Lipinski definition) is 3. The summed E-state index contributed by atoms with van der Waals surface area (Å²) >= 11 is 5.62. The van der Waals surface area contributed by atoms with E-state index in [9.17, 15) is 8.42 Å². The van der Waals surface area contributed by atoms with Crippen LogP contribution in [0.3, 0.4) is 0 Å². The van der Waals surface area contributed by atoms with E-state index in [2.05, 4.69) is 4.98 Å². The van der Waals surface area contributed by atoms with E-state index in [0.717, 1.165) is 5.56 Å². The Morgan fingerprint density at radius 3 is 2.46 bits per heavy atom. The molecule has 1 heterocycles. The number of aryl methyl sites for hydroxylation is 2. The fourth-order valence-electron chi connectivity index (χ4n) is 0.851. The van der Waals surface area contributed by atoms with Gasteiger partial charge < -0.3 is 0 Å². The van der Waals surface area contributed by atoms with Crippen LogP contribution >= 0.6 is 11.6 Å². The van der Waals surface area contributed by atoms with Gasteiger partial charge in [0.15, 0.2) is 0 Å². The highest BCUT2D eigenvalue weighted by Gasteiger charge is 2.15. The van der Waals surface area contributed by atoms with E-state index in [0.29, 0.717) is 5.69 Å². The standard InChI is InChI=1S/C7H9ClN2O2S/c1-4-3-6(13(9,11)12)7(8)10-5(4)2/h3H,1-2H3,(H2,9,11,12). The number of primary sulfonamides is 1. The van der Waals surface area contributed by atoms with Gasteiger partial charge in [0.05, 0.1) is 0 Å². The lowest BCUT2D eigenvalue weighted by atomic mass is 10.2. The summed E-state index contributed by atoms with van der Waals surface area (Å²) in [6.45, 7) is 3.49. The molecule has 6 heteroatoms. The first-order valence-corrected chi connectivity index (χ1v) is 5.41. The molecule has 0 fully saturated rings. The average Bonchev–Trinajstić information content (AvgIpc) is 1.94. The molecule has 0 aliphatic heterocycles. The molecule has 4 nitrogen and oxygen atoms in total. The molecule has 1 rings (SSSR count). The first-order valence-electron chi connectivity index (χ1n) is 3.49. The molecule has 0 saturated carbocycles. The van der Waals surface area contributed by atoms with E-state index in [1.54, 1.807) is 13.8 Å². The van der Waals surface area contributed by atoms with E-state index in [4.69, 9.17) is 16.7 Å². The zero-order valence-electron chi connectivity index (χ0n) is 7.20. The van der Waals surface area contributed by atoms with E-state index in [1.807, 2.05) is 0 Å². The maximum Gasteiger partial charge on any atom is 0.241 e. The zero-order chi connectivity index (χ0) is 10.2. The third kappa shape index (κ3) is 2.18. The van der Waals surface area contributed by atoms with Crippen LogP contribution in [0.2, 0.25) is 5.15 Å². The Morgan fingerprint density at radius 1 is 1.46 bits per heavy atom. The first-order chi connectivity index (χ1) is 5.82. The Labute approximate surface area is 81.8 Å². The van der Waals surface area contributed by atoms with Gasteiger partial charge in [-0.2, -0.15) is 0 Å². The Kier molecular flexibility index (Phi) is 2.61. The Hall–Kier alpha value is -0.650. The molecule has 0 aliphatic carbocycles. The number of halogens is 1. The lowest BCUT2D eigenvalue weighted by molar-refractivity contribution is 0.597. The second-order valence-electron chi connectivity index (χ2n) is 2.72. The number of aromatic nitrogens is 1. The maximum absolute atomic E-state index is 11.0. The lowest BCUT2D eigenvalue weighted by Crippen LogP contribution is -2.14. The Bertz CT molecular complexity index is 442.